The van der Waals surface area contributed by atoms with E-state index in [0.717, 1.165) is 5.56 Å². The Kier molecular flexibility index (Phi) is 6.59. The highest BCUT2D eigenvalue weighted by atomic mass is 35.5. The third-order valence-electron chi connectivity index (χ3n) is 4.05. The van der Waals surface area contributed by atoms with Gasteiger partial charge in [0.1, 0.15) is 0 Å². The Labute approximate surface area is 157 Å². The SMILES string of the molecule is CC(=O)c1ccc(NC(=O)[C@@H](C)N(C)Cc2cccc(Cl)c2Cl)cc1. The molecule has 2 aromatic carbocycles. The molecule has 0 aliphatic carbocycles. The first kappa shape index (κ1) is 19.4. The molecule has 0 aromatic heterocycles. The number of rotatable bonds is 6. The van der Waals surface area contributed by atoms with E-state index in [1.165, 1.54) is 6.92 Å². The van der Waals surface area contributed by atoms with Crippen LogP contribution in [0.3, 0.4) is 0 Å². The van der Waals surface area contributed by atoms with Gasteiger partial charge < -0.3 is 5.32 Å². The van der Waals surface area contributed by atoms with Crippen molar-refractivity contribution in [3.63, 3.8) is 0 Å². The van der Waals surface area contributed by atoms with E-state index in [9.17, 15) is 9.59 Å². The Morgan fingerprint density at radius 1 is 1.12 bits per heavy atom. The van der Waals surface area contributed by atoms with Crippen molar-refractivity contribution in [2.75, 3.05) is 12.4 Å². The average Bonchev–Trinajstić information content (AvgIpc) is 2.58. The molecule has 132 valence electrons. The van der Waals surface area contributed by atoms with Crippen molar-refractivity contribution in [3.05, 3.63) is 63.6 Å². The Hall–Kier alpha value is -1.88. The number of Topliss-reactive ketones (excluding diaryl/α,β-unsaturated/α-hetero) is 1. The predicted molar refractivity (Wildman–Crippen MR) is 102 cm³/mol. The smallest absolute Gasteiger partial charge is 0.241 e. The summed E-state index contributed by atoms with van der Waals surface area (Å²) in [5.74, 6) is -0.152. The highest BCUT2D eigenvalue weighted by Gasteiger charge is 2.19. The second-order valence-electron chi connectivity index (χ2n) is 5.93. The largest absolute Gasteiger partial charge is 0.325 e. The van der Waals surface area contributed by atoms with E-state index in [4.69, 9.17) is 23.2 Å². The van der Waals surface area contributed by atoms with Crippen LogP contribution in [0.2, 0.25) is 10.0 Å². The number of benzene rings is 2. The Bertz CT molecular complexity index is 775. The predicted octanol–water partition coefficient (Wildman–Crippen LogP) is 4.66. The molecule has 4 nitrogen and oxygen atoms in total. The Balaban J connectivity index is 2.01. The number of ketones is 1. The molecule has 0 unspecified atom stereocenters. The summed E-state index contributed by atoms with van der Waals surface area (Å²) in [7, 11) is 1.85. The van der Waals surface area contributed by atoms with Gasteiger partial charge in [0.25, 0.3) is 0 Å². The summed E-state index contributed by atoms with van der Waals surface area (Å²) in [6.45, 7) is 3.82. The zero-order chi connectivity index (χ0) is 18.6. The topological polar surface area (TPSA) is 49.4 Å². The van der Waals surface area contributed by atoms with E-state index in [1.54, 1.807) is 30.3 Å². The minimum absolute atomic E-state index is 0.00983. The summed E-state index contributed by atoms with van der Waals surface area (Å²) in [5.41, 5.74) is 2.12. The van der Waals surface area contributed by atoms with Crippen LogP contribution in [0.1, 0.15) is 29.8 Å². The van der Waals surface area contributed by atoms with Crippen LogP contribution >= 0.6 is 23.2 Å². The summed E-state index contributed by atoms with van der Waals surface area (Å²) in [6, 6.07) is 11.9. The number of nitrogens with zero attached hydrogens (tertiary/aromatic N) is 1. The van der Waals surface area contributed by atoms with E-state index in [0.29, 0.717) is 27.8 Å². The molecule has 0 saturated carbocycles. The Morgan fingerprint density at radius 3 is 2.36 bits per heavy atom. The molecule has 0 aliphatic rings. The van der Waals surface area contributed by atoms with Crippen LogP contribution in [0, 0.1) is 0 Å². The maximum absolute atomic E-state index is 12.4. The molecular formula is C19H20Cl2N2O2. The molecule has 0 saturated heterocycles. The first-order valence-electron chi connectivity index (χ1n) is 7.84. The molecule has 1 atom stereocenters. The van der Waals surface area contributed by atoms with Crippen LogP contribution in [-0.4, -0.2) is 29.7 Å². The van der Waals surface area contributed by atoms with Crippen LogP contribution in [0.25, 0.3) is 0 Å². The lowest BCUT2D eigenvalue weighted by molar-refractivity contribution is -0.120. The lowest BCUT2D eigenvalue weighted by Gasteiger charge is -2.24. The molecule has 2 aromatic rings. The second-order valence-corrected chi connectivity index (χ2v) is 6.71. The number of hydrogen-bond donors (Lipinski definition) is 1. The van der Waals surface area contributed by atoms with Crippen molar-refractivity contribution in [3.8, 4) is 0 Å². The molecule has 0 heterocycles. The lowest BCUT2D eigenvalue weighted by atomic mass is 10.1. The number of hydrogen-bond acceptors (Lipinski definition) is 3. The second kappa shape index (κ2) is 8.48. The van der Waals surface area contributed by atoms with Crippen molar-refractivity contribution in [2.24, 2.45) is 0 Å². The molecule has 0 fully saturated rings. The zero-order valence-corrected chi connectivity index (χ0v) is 15.9. The number of nitrogens with one attached hydrogen (secondary N) is 1. The summed E-state index contributed by atoms with van der Waals surface area (Å²) >= 11 is 12.2. The fourth-order valence-corrected chi connectivity index (χ4v) is 2.69. The molecular weight excluding hydrogens is 359 g/mol. The van der Waals surface area contributed by atoms with Crippen molar-refractivity contribution < 1.29 is 9.59 Å². The van der Waals surface area contributed by atoms with E-state index in [2.05, 4.69) is 5.32 Å². The van der Waals surface area contributed by atoms with Crippen molar-refractivity contribution in [1.82, 2.24) is 4.90 Å². The lowest BCUT2D eigenvalue weighted by Crippen LogP contribution is -2.39. The van der Waals surface area contributed by atoms with Crippen molar-refractivity contribution in [2.45, 2.75) is 26.4 Å². The maximum Gasteiger partial charge on any atom is 0.241 e. The summed E-state index contributed by atoms with van der Waals surface area (Å²) in [4.78, 5) is 25.6. The average molecular weight is 379 g/mol. The molecule has 0 aliphatic heterocycles. The summed E-state index contributed by atoms with van der Waals surface area (Å²) in [5, 5.41) is 3.85. The van der Waals surface area contributed by atoms with Gasteiger partial charge in [-0.05, 0) is 56.8 Å². The molecule has 1 N–H and O–H groups in total. The van der Waals surface area contributed by atoms with E-state index in [-0.39, 0.29) is 17.7 Å². The number of likely N-dealkylation sites (N-methyl/N-ethyl adjacent to an activating group) is 1. The minimum Gasteiger partial charge on any atom is -0.325 e. The maximum atomic E-state index is 12.4. The van der Waals surface area contributed by atoms with Gasteiger partial charge in [-0.15, -0.1) is 0 Å². The van der Waals surface area contributed by atoms with Crippen molar-refractivity contribution >= 4 is 40.6 Å². The highest BCUT2D eigenvalue weighted by molar-refractivity contribution is 6.42. The number of anilines is 1. The first-order valence-corrected chi connectivity index (χ1v) is 8.60. The van der Waals surface area contributed by atoms with Gasteiger partial charge in [-0.3, -0.25) is 14.5 Å². The van der Waals surface area contributed by atoms with Gasteiger partial charge in [0, 0.05) is 17.8 Å². The molecule has 2 rings (SSSR count). The van der Waals surface area contributed by atoms with Crippen LogP contribution in [-0.2, 0) is 11.3 Å². The molecule has 0 radical (unpaired) electrons. The fraction of sp³-hybridized carbons (Fsp3) is 0.263. The molecule has 25 heavy (non-hydrogen) atoms. The normalized spacial score (nSPS) is 12.1. The van der Waals surface area contributed by atoms with Gasteiger partial charge in [-0.1, -0.05) is 35.3 Å². The van der Waals surface area contributed by atoms with Gasteiger partial charge >= 0.3 is 0 Å². The van der Waals surface area contributed by atoms with E-state index >= 15 is 0 Å². The summed E-state index contributed by atoms with van der Waals surface area (Å²) < 4.78 is 0. The van der Waals surface area contributed by atoms with Gasteiger partial charge in [0.15, 0.2) is 5.78 Å². The van der Waals surface area contributed by atoms with E-state index < -0.39 is 0 Å². The first-order chi connectivity index (χ1) is 11.8. The van der Waals surface area contributed by atoms with Crippen LogP contribution < -0.4 is 5.32 Å². The zero-order valence-electron chi connectivity index (χ0n) is 14.3. The Morgan fingerprint density at radius 2 is 1.76 bits per heavy atom. The molecule has 1 amide bonds. The van der Waals surface area contributed by atoms with Gasteiger partial charge in [-0.25, -0.2) is 0 Å². The van der Waals surface area contributed by atoms with Gasteiger partial charge in [0.2, 0.25) is 5.91 Å². The molecule has 0 bridgehead atoms. The molecule has 6 heteroatoms. The third-order valence-corrected chi connectivity index (χ3v) is 4.91. The van der Waals surface area contributed by atoms with Crippen LogP contribution in [0.4, 0.5) is 5.69 Å². The monoisotopic (exact) mass is 378 g/mol. The third kappa shape index (κ3) is 5.05. The summed E-state index contributed by atoms with van der Waals surface area (Å²) in [6.07, 6.45) is 0. The highest BCUT2D eigenvalue weighted by Crippen LogP contribution is 2.26. The van der Waals surface area contributed by atoms with E-state index in [1.807, 2.05) is 31.0 Å². The minimum atomic E-state index is -0.373. The molecule has 0 spiro atoms. The number of halogens is 2. The van der Waals surface area contributed by atoms with Crippen LogP contribution in [0.5, 0.6) is 0 Å². The standard InChI is InChI=1S/C19H20Cl2N2O2/c1-12(23(3)11-15-5-4-6-17(20)18(15)21)19(25)22-16-9-7-14(8-10-16)13(2)24/h4-10,12H,11H2,1-3H3,(H,22,25)/t12-/m1/s1. The number of carbonyl (C=O) groups excluding carboxylic acids is 2. The van der Waals surface area contributed by atoms with Crippen LogP contribution in [0.15, 0.2) is 42.5 Å². The van der Waals surface area contributed by atoms with Gasteiger partial charge in [0.05, 0.1) is 16.1 Å². The van der Waals surface area contributed by atoms with Gasteiger partial charge in [-0.2, -0.15) is 0 Å². The van der Waals surface area contributed by atoms with Crippen molar-refractivity contribution in [1.29, 1.82) is 0 Å². The number of carbonyl (C=O) groups is 2. The number of amides is 1. The quantitative estimate of drug-likeness (QED) is 0.743. The fourth-order valence-electron chi connectivity index (χ4n) is 2.31.